The molecule has 65 heavy (non-hydrogen) atoms. The zero-order valence-electron chi connectivity index (χ0n) is 37.8. The Balaban J connectivity index is 1.90. The van der Waals surface area contributed by atoms with E-state index in [-0.39, 0.29) is 30.0 Å². The molecule has 0 bridgehead atoms. The van der Waals surface area contributed by atoms with Gasteiger partial charge in [-0.2, -0.15) is 0 Å². The fraction of sp³-hybridized carbons (Fsp3) is 0.489. The summed E-state index contributed by atoms with van der Waals surface area (Å²) in [5, 5.41) is 27.9. The monoisotopic (exact) mass is 911 g/mol. The van der Waals surface area contributed by atoms with Crippen molar-refractivity contribution in [3.05, 3.63) is 71.9 Å². The number of halogens is 2. The fourth-order valence-electron chi connectivity index (χ4n) is 6.82. The summed E-state index contributed by atoms with van der Waals surface area (Å²) in [5.41, 5.74) is 2.48. The highest BCUT2D eigenvalue weighted by atomic mass is 19.1. The average molecular weight is 912 g/mol. The van der Waals surface area contributed by atoms with Crippen molar-refractivity contribution >= 4 is 58.4 Å². The third-order valence-electron chi connectivity index (χ3n) is 9.98. The molecule has 0 spiro atoms. The zero-order chi connectivity index (χ0) is 48.8. The Bertz CT molecular complexity index is 2200. The van der Waals surface area contributed by atoms with Gasteiger partial charge in [-0.15, -0.1) is 0 Å². The molecule has 3 aromatic rings. The van der Waals surface area contributed by atoms with Gasteiger partial charge in [0.1, 0.15) is 30.4 Å². The van der Waals surface area contributed by atoms with Crippen molar-refractivity contribution in [1.82, 2.24) is 36.3 Å². The molecule has 0 aliphatic carbocycles. The summed E-state index contributed by atoms with van der Waals surface area (Å²) in [4.78, 5) is 111. The number of hydrogen-bond donors (Lipinski definition) is 6. The Morgan fingerprint density at radius 2 is 1.38 bits per heavy atom. The highest BCUT2D eigenvalue weighted by Gasteiger charge is 2.37. The first-order chi connectivity index (χ1) is 30.4. The summed E-state index contributed by atoms with van der Waals surface area (Å²) in [6, 6.07) is 7.43. The van der Waals surface area contributed by atoms with Gasteiger partial charge < -0.3 is 30.9 Å². The van der Waals surface area contributed by atoms with Crippen LogP contribution in [0, 0.1) is 34.8 Å². The van der Waals surface area contributed by atoms with E-state index >= 15 is 0 Å². The smallest absolute Gasteiger partial charge is 0.343 e. The summed E-state index contributed by atoms with van der Waals surface area (Å²) in [5.74, 6) is -12.3. The predicted octanol–water partition coefficient (Wildman–Crippen LogP) is 4.67. The van der Waals surface area contributed by atoms with E-state index in [9.17, 15) is 57.4 Å². The SMILES string of the molecule is CC(C)[C@H](NC(=O)c1ccc2ccccc2n1)C(=O)N[C@@H](CCC(=O)O)C(=O)N[C@H](C(=O)N(CC[C@H](C)CC(C)(C)C)C(=O)NN(CC(=O)O)C(=O)COc1c(F)cccc1F)C(C)C. The van der Waals surface area contributed by atoms with Crippen molar-refractivity contribution in [1.29, 1.82) is 0 Å². The highest BCUT2D eigenvalue weighted by Crippen LogP contribution is 2.26. The number of hydrogen-bond acceptors (Lipinski definition) is 10. The molecule has 0 aliphatic rings. The molecule has 6 N–H and O–H groups in total. The second-order valence-corrected chi connectivity index (χ2v) is 17.6. The van der Waals surface area contributed by atoms with Crippen LogP contribution in [0.15, 0.2) is 54.6 Å². The maximum atomic E-state index is 14.5. The molecule has 0 radical (unpaired) electrons. The maximum Gasteiger partial charge on any atom is 0.343 e. The molecule has 20 heteroatoms. The van der Waals surface area contributed by atoms with Crippen LogP contribution >= 0.6 is 0 Å². The van der Waals surface area contributed by atoms with E-state index in [0.717, 1.165) is 23.6 Å². The standard InChI is InChI=1S/C45H59F2N7O11/c1-25(2)37(50-40(60)32-17-16-28-12-9-10-15-31(28)48-32)42(62)49-33(18-19-35(56)57)41(61)51-38(26(3)4)43(63)53(21-20-27(5)22-45(6,7)8)44(64)52-54(23-36(58)59)34(55)24-65-39-29(46)13-11-14-30(39)47/h9-17,25-27,33,37-38H,18-24H2,1-8H3,(H,49,62)(H,50,60)(H,51,61)(H,52,64)(H,56,57)(H,58,59)/t27-,33-,37-,38-/m0/s1. The van der Waals surface area contributed by atoms with Gasteiger partial charge in [0.25, 0.3) is 17.7 Å². The molecular formula is C45H59F2N7O11. The fourth-order valence-corrected chi connectivity index (χ4v) is 6.82. The Morgan fingerprint density at radius 1 is 0.754 bits per heavy atom. The van der Waals surface area contributed by atoms with Gasteiger partial charge >= 0.3 is 18.0 Å². The lowest BCUT2D eigenvalue weighted by molar-refractivity contribution is -0.147. The van der Waals surface area contributed by atoms with Crippen LogP contribution in [0.25, 0.3) is 10.9 Å². The van der Waals surface area contributed by atoms with Crippen LogP contribution in [0.4, 0.5) is 13.6 Å². The third-order valence-corrected chi connectivity index (χ3v) is 9.98. The number of urea groups is 1. The molecule has 4 atom stereocenters. The number of benzene rings is 2. The van der Waals surface area contributed by atoms with Crippen molar-refractivity contribution in [2.24, 2.45) is 23.2 Å². The number of aliphatic carboxylic acids is 2. The molecule has 18 nitrogen and oxygen atoms in total. The summed E-state index contributed by atoms with van der Waals surface area (Å²) in [6.45, 7) is 11.6. The van der Waals surface area contributed by atoms with E-state index in [1.807, 2.05) is 39.8 Å². The molecule has 0 saturated carbocycles. The molecule has 3 rings (SSSR count). The minimum atomic E-state index is -1.61. The molecular weight excluding hydrogens is 853 g/mol. The number of nitrogens with zero attached hydrogens (tertiary/aromatic N) is 3. The van der Waals surface area contributed by atoms with Crippen LogP contribution in [0.2, 0.25) is 0 Å². The minimum Gasteiger partial charge on any atom is -0.481 e. The summed E-state index contributed by atoms with van der Waals surface area (Å²) in [6.07, 6.45) is -0.183. The lowest BCUT2D eigenvalue weighted by Crippen LogP contribution is -2.61. The first kappa shape index (κ1) is 52.6. The molecule has 0 fully saturated rings. The van der Waals surface area contributed by atoms with Crippen molar-refractivity contribution in [3.8, 4) is 5.75 Å². The van der Waals surface area contributed by atoms with E-state index in [0.29, 0.717) is 21.8 Å². The van der Waals surface area contributed by atoms with E-state index in [2.05, 4.69) is 26.4 Å². The largest absolute Gasteiger partial charge is 0.481 e. The quantitative estimate of drug-likeness (QED) is 0.0798. The number of hydrazine groups is 1. The van der Waals surface area contributed by atoms with Crippen LogP contribution in [0.1, 0.15) is 91.6 Å². The molecule has 354 valence electrons. The van der Waals surface area contributed by atoms with Crippen LogP contribution in [0.5, 0.6) is 5.75 Å². The second kappa shape index (κ2) is 23.8. The van der Waals surface area contributed by atoms with Gasteiger partial charge in [0, 0.05) is 18.4 Å². The van der Waals surface area contributed by atoms with E-state index < -0.39 is 121 Å². The molecule has 7 amide bonds. The highest BCUT2D eigenvalue weighted by molar-refractivity contribution is 6.01. The molecule has 1 aromatic heterocycles. The van der Waals surface area contributed by atoms with Crippen LogP contribution < -0.4 is 26.1 Å². The van der Waals surface area contributed by atoms with Gasteiger partial charge in [-0.05, 0) is 66.7 Å². The number of aromatic nitrogens is 1. The van der Waals surface area contributed by atoms with Crippen molar-refractivity contribution in [2.75, 3.05) is 19.7 Å². The number of pyridine rings is 1. The van der Waals surface area contributed by atoms with Gasteiger partial charge in [0.05, 0.1) is 5.52 Å². The van der Waals surface area contributed by atoms with Crippen molar-refractivity contribution in [3.63, 3.8) is 0 Å². The lowest BCUT2D eigenvalue weighted by atomic mass is 9.84. The molecule has 0 unspecified atom stereocenters. The second-order valence-electron chi connectivity index (χ2n) is 17.6. The number of carbonyl (C=O) groups is 8. The number of nitrogens with one attached hydrogen (secondary N) is 4. The Kier molecular flexibility index (Phi) is 19.3. The Morgan fingerprint density at radius 3 is 1.97 bits per heavy atom. The van der Waals surface area contributed by atoms with E-state index in [1.54, 1.807) is 32.0 Å². The minimum absolute atomic E-state index is 0.0174. The van der Waals surface area contributed by atoms with Crippen LogP contribution in [-0.2, 0) is 28.8 Å². The number of carboxylic acid groups (broad SMARTS) is 2. The molecule has 0 saturated heterocycles. The van der Waals surface area contributed by atoms with Crippen molar-refractivity contribution < 1.29 is 62.1 Å². The third kappa shape index (κ3) is 16.4. The lowest BCUT2D eigenvalue weighted by Gasteiger charge is -2.33. The van der Waals surface area contributed by atoms with Crippen molar-refractivity contribution in [2.45, 2.75) is 99.2 Å². The van der Waals surface area contributed by atoms with E-state index in [4.69, 9.17) is 4.74 Å². The maximum absolute atomic E-state index is 14.5. The summed E-state index contributed by atoms with van der Waals surface area (Å²) >= 11 is 0. The van der Waals surface area contributed by atoms with Crippen LogP contribution in [-0.4, -0.2) is 110 Å². The number of carbonyl (C=O) groups excluding carboxylic acids is 6. The first-order valence-electron chi connectivity index (χ1n) is 21.1. The number of rotatable bonds is 21. The molecule has 2 aromatic carbocycles. The molecule has 0 aliphatic heterocycles. The summed E-state index contributed by atoms with van der Waals surface area (Å²) in [7, 11) is 0. The van der Waals surface area contributed by atoms with Gasteiger partial charge in [0.15, 0.2) is 24.0 Å². The van der Waals surface area contributed by atoms with Crippen LogP contribution in [0.3, 0.4) is 0 Å². The topological polar surface area (TPSA) is 254 Å². The number of fused-ring (bicyclic) bond motifs is 1. The van der Waals surface area contributed by atoms with Gasteiger partial charge in [-0.1, -0.05) is 85.7 Å². The number of amides is 7. The zero-order valence-corrected chi connectivity index (χ0v) is 37.8. The first-order valence-corrected chi connectivity index (χ1v) is 21.1. The number of carboxylic acids is 2. The summed E-state index contributed by atoms with van der Waals surface area (Å²) < 4.78 is 33.4. The Labute approximate surface area is 375 Å². The number of imide groups is 1. The predicted molar refractivity (Wildman–Crippen MR) is 233 cm³/mol. The number of ether oxygens (including phenoxy) is 1. The van der Waals surface area contributed by atoms with Gasteiger partial charge in [-0.25, -0.2) is 29.0 Å². The van der Waals surface area contributed by atoms with Gasteiger partial charge in [-0.3, -0.25) is 38.5 Å². The molecule has 1 heterocycles. The van der Waals surface area contributed by atoms with E-state index in [1.165, 1.54) is 19.9 Å². The average Bonchev–Trinajstić information content (AvgIpc) is 3.21. The normalized spacial score (nSPS) is 13.2. The Hall–Kier alpha value is -6.73. The number of para-hydroxylation sites is 2. The van der Waals surface area contributed by atoms with Gasteiger partial charge in [0.2, 0.25) is 11.8 Å².